The van der Waals surface area contributed by atoms with Gasteiger partial charge in [-0.15, -0.1) is 0 Å². The molecule has 2 unspecified atom stereocenters. The Labute approximate surface area is 204 Å². The van der Waals surface area contributed by atoms with Crippen molar-refractivity contribution in [3.05, 3.63) is 107 Å². The molecule has 3 aromatic rings. The van der Waals surface area contributed by atoms with Crippen LogP contribution in [0, 0.1) is 6.92 Å². The molecule has 0 aliphatic heterocycles. The fourth-order valence-corrected chi connectivity index (χ4v) is 4.04. The number of hydrogen-bond donors (Lipinski definition) is 1. The van der Waals surface area contributed by atoms with Crippen LogP contribution in [0.2, 0.25) is 0 Å². The Balaban J connectivity index is 1.91. The van der Waals surface area contributed by atoms with Crippen LogP contribution >= 0.6 is 0 Å². The van der Waals surface area contributed by atoms with Gasteiger partial charge in [-0.05, 0) is 43.4 Å². The first kappa shape index (κ1) is 25.2. The number of carbonyl (C=O) groups is 2. The quantitative estimate of drug-likeness (QED) is 0.415. The summed E-state index contributed by atoms with van der Waals surface area (Å²) in [6.07, 6.45) is 2.32. The third kappa shape index (κ3) is 7.58. The van der Waals surface area contributed by atoms with Crippen LogP contribution in [0.25, 0.3) is 0 Å². The standard InChI is InChI=1S/C30H36N2O2/c1-4-24(3)31-30(34)28(21-26-15-9-6-10-16-26)32(22-27-17-11-12-23(2)20-27)29(33)19-18-25-13-7-5-8-14-25/h5-17,20,24,28H,4,18-19,21-22H2,1-3H3,(H,31,34). The number of nitrogens with one attached hydrogen (secondary N) is 1. The summed E-state index contributed by atoms with van der Waals surface area (Å²) in [6, 6.07) is 27.6. The molecule has 0 bridgehead atoms. The minimum absolute atomic E-state index is 0.00871. The third-order valence-electron chi connectivity index (χ3n) is 6.18. The fourth-order valence-electron chi connectivity index (χ4n) is 4.04. The SMILES string of the molecule is CCC(C)NC(=O)C(Cc1ccccc1)N(Cc1cccc(C)c1)C(=O)CCc1ccccc1. The van der Waals surface area contributed by atoms with Crippen LogP contribution in [-0.4, -0.2) is 28.8 Å². The first-order chi connectivity index (χ1) is 16.5. The van der Waals surface area contributed by atoms with Crippen molar-refractivity contribution in [2.24, 2.45) is 0 Å². The Morgan fingerprint density at radius 3 is 2.09 bits per heavy atom. The second-order valence-electron chi connectivity index (χ2n) is 9.02. The molecule has 1 N–H and O–H groups in total. The summed E-state index contributed by atoms with van der Waals surface area (Å²) in [5.41, 5.74) is 4.33. The highest BCUT2D eigenvalue weighted by atomic mass is 16.2. The summed E-state index contributed by atoms with van der Waals surface area (Å²) in [4.78, 5) is 28.9. The molecular formula is C30H36N2O2. The number of hydrogen-bond acceptors (Lipinski definition) is 2. The van der Waals surface area contributed by atoms with E-state index >= 15 is 0 Å². The molecule has 4 nitrogen and oxygen atoms in total. The van der Waals surface area contributed by atoms with Gasteiger partial charge in [-0.3, -0.25) is 9.59 Å². The van der Waals surface area contributed by atoms with Crippen LogP contribution < -0.4 is 5.32 Å². The molecule has 0 aliphatic rings. The molecule has 0 saturated carbocycles. The zero-order valence-electron chi connectivity index (χ0n) is 20.5. The summed E-state index contributed by atoms with van der Waals surface area (Å²) < 4.78 is 0. The number of aryl methyl sites for hydroxylation is 2. The maximum atomic E-state index is 13.6. The highest BCUT2D eigenvalue weighted by Gasteiger charge is 2.30. The lowest BCUT2D eigenvalue weighted by Gasteiger charge is -2.32. The predicted octanol–water partition coefficient (Wildman–Crippen LogP) is 5.48. The number of nitrogens with zero attached hydrogens (tertiary/aromatic N) is 1. The van der Waals surface area contributed by atoms with Gasteiger partial charge in [0, 0.05) is 25.4 Å². The fraction of sp³-hybridized carbons (Fsp3) is 0.333. The number of rotatable bonds is 11. The summed E-state index contributed by atoms with van der Waals surface area (Å²) in [6.45, 7) is 6.50. The Morgan fingerprint density at radius 1 is 0.853 bits per heavy atom. The first-order valence-electron chi connectivity index (χ1n) is 12.2. The molecule has 0 heterocycles. The van der Waals surface area contributed by atoms with Crippen molar-refractivity contribution >= 4 is 11.8 Å². The topological polar surface area (TPSA) is 49.4 Å². The van der Waals surface area contributed by atoms with Crippen LogP contribution in [0.3, 0.4) is 0 Å². The van der Waals surface area contributed by atoms with Crippen molar-refractivity contribution in [3.8, 4) is 0 Å². The van der Waals surface area contributed by atoms with Crippen LogP contribution in [0.15, 0.2) is 84.9 Å². The molecule has 0 aromatic heterocycles. The Kier molecular flexibility index (Phi) is 9.45. The monoisotopic (exact) mass is 456 g/mol. The van der Waals surface area contributed by atoms with Crippen molar-refractivity contribution in [1.29, 1.82) is 0 Å². The molecule has 178 valence electrons. The van der Waals surface area contributed by atoms with Gasteiger partial charge in [0.25, 0.3) is 0 Å². The lowest BCUT2D eigenvalue weighted by molar-refractivity contribution is -0.141. The van der Waals surface area contributed by atoms with E-state index in [2.05, 4.69) is 11.4 Å². The van der Waals surface area contributed by atoms with Crippen LogP contribution in [0.4, 0.5) is 0 Å². The van der Waals surface area contributed by atoms with Crippen molar-refractivity contribution in [2.45, 2.75) is 65.1 Å². The molecule has 0 radical (unpaired) electrons. The van der Waals surface area contributed by atoms with Crippen LogP contribution in [-0.2, 0) is 29.0 Å². The van der Waals surface area contributed by atoms with Gasteiger partial charge in [-0.1, -0.05) is 97.4 Å². The maximum Gasteiger partial charge on any atom is 0.243 e. The van der Waals surface area contributed by atoms with Gasteiger partial charge < -0.3 is 10.2 Å². The van der Waals surface area contributed by atoms with Gasteiger partial charge in [0.2, 0.25) is 11.8 Å². The van der Waals surface area contributed by atoms with E-state index in [4.69, 9.17) is 0 Å². The minimum atomic E-state index is -0.583. The average molecular weight is 457 g/mol. The van der Waals surface area contributed by atoms with Gasteiger partial charge >= 0.3 is 0 Å². The lowest BCUT2D eigenvalue weighted by atomic mass is 10.0. The predicted molar refractivity (Wildman–Crippen MR) is 138 cm³/mol. The zero-order chi connectivity index (χ0) is 24.3. The van der Waals surface area contributed by atoms with Gasteiger partial charge in [-0.25, -0.2) is 0 Å². The zero-order valence-corrected chi connectivity index (χ0v) is 20.5. The van der Waals surface area contributed by atoms with E-state index in [-0.39, 0.29) is 17.9 Å². The Hall–Kier alpha value is -3.40. The number of amides is 2. The normalized spacial score (nSPS) is 12.6. The number of benzene rings is 3. The maximum absolute atomic E-state index is 13.6. The second-order valence-corrected chi connectivity index (χ2v) is 9.02. The Morgan fingerprint density at radius 2 is 1.47 bits per heavy atom. The van der Waals surface area contributed by atoms with Crippen LogP contribution in [0.5, 0.6) is 0 Å². The Bertz CT molecular complexity index is 1050. The largest absolute Gasteiger partial charge is 0.352 e. The third-order valence-corrected chi connectivity index (χ3v) is 6.18. The van der Waals surface area contributed by atoms with E-state index in [0.717, 1.165) is 28.7 Å². The number of carbonyl (C=O) groups excluding carboxylic acids is 2. The highest BCUT2D eigenvalue weighted by Crippen LogP contribution is 2.18. The van der Waals surface area contributed by atoms with E-state index in [9.17, 15) is 9.59 Å². The van der Waals surface area contributed by atoms with Gasteiger partial charge in [0.15, 0.2) is 0 Å². The second kappa shape index (κ2) is 12.7. The molecule has 0 fully saturated rings. The summed E-state index contributed by atoms with van der Waals surface area (Å²) in [7, 11) is 0. The van der Waals surface area contributed by atoms with E-state index < -0.39 is 6.04 Å². The van der Waals surface area contributed by atoms with E-state index in [1.807, 2.05) is 99.6 Å². The van der Waals surface area contributed by atoms with Gasteiger partial charge in [0.05, 0.1) is 0 Å². The van der Waals surface area contributed by atoms with Gasteiger partial charge in [0.1, 0.15) is 6.04 Å². The summed E-state index contributed by atoms with van der Waals surface area (Å²) in [5, 5.41) is 3.12. The molecule has 34 heavy (non-hydrogen) atoms. The molecule has 0 saturated heterocycles. The van der Waals surface area contributed by atoms with Crippen molar-refractivity contribution in [1.82, 2.24) is 10.2 Å². The van der Waals surface area contributed by atoms with Crippen LogP contribution in [0.1, 0.15) is 48.9 Å². The van der Waals surface area contributed by atoms with E-state index in [1.54, 1.807) is 4.90 Å². The molecular weight excluding hydrogens is 420 g/mol. The summed E-state index contributed by atoms with van der Waals surface area (Å²) >= 11 is 0. The van der Waals surface area contributed by atoms with Crippen molar-refractivity contribution in [3.63, 3.8) is 0 Å². The van der Waals surface area contributed by atoms with Crippen molar-refractivity contribution in [2.75, 3.05) is 0 Å². The molecule has 0 spiro atoms. The lowest BCUT2D eigenvalue weighted by Crippen LogP contribution is -2.52. The highest BCUT2D eigenvalue weighted by molar-refractivity contribution is 5.88. The molecule has 4 heteroatoms. The molecule has 2 amide bonds. The molecule has 0 aliphatic carbocycles. The average Bonchev–Trinajstić information content (AvgIpc) is 2.85. The van der Waals surface area contributed by atoms with Crippen molar-refractivity contribution < 1.29 is 9.59 Å². The van der Waals surface area contributed by atoms with E-state index in [1.165, 1.54) is 0 Å². The minimum Gasteiger partial charge on any atom is -0.352 e. The first-order valence-corrected chi connectivity index (χ1v) is 12.2. The molecule has 2 atom stereocenters. The van der Waals surface area contributed by atoms with Gasteiger partial charge in [-0.2, -0.15) is 0 Å². The smallest absolute Gasteiger partial charge is 0.243 e. The molecule has 3 rings (SSSR count). The molecule has 3 aromatic carbocycles. The summed E-state index contributed by atoms with van der Waals surface area (Å²) in [5.74, 6) is -0.107. The van der Waals surface area contributed by atoms with E-state index in [0.29, 0.717) is 25.8 Å².